The largest absolute Gasteiger partial charge is 0.494 e. The van der Waals surface area contributed by atoms with Crippen molar-refractivity contribution in [2.75, 3.05) is 20.3 Å². The van der Waals surface area contributed by atoms with Crippen molar-refractivity contribution in [2.24, 2.45) is 0 Å². The summed E-state index contributed by atoms with van der Waals surface area (Å²) in [5.41, 5.74) is 0.413. The first-order valence-corrected chi connectivity index (χ1v) is 9.20. The number of ether oxygens (including phenoxy) is 3. The molecule has 0 saturated heterocycles. The number of methoxy groups -OCH3 is 1. The van der Waals surface area contributed by atoms with Gasteiger partial charge >= 0.3 is 0 Å². The maximum Gasteiger partial charge on any atom is 0.294 e. The Morgan fingerprint density at radius 1 is 0.920 bits per heavy atom. The van der Waals surface area contributed by atoms with Crippen LogP contribution in [-0.2, 0) is 0 Å². The van der Waals surface area contributed by atoms with Gasteiger partial charge in [-0.05, 0) is 25.0 Å². The molecule has 0 aliphatic heterocycles. The maximum atomic E-state index is 12.3. The van der Waals surface area contributed by atoms with Crippen LogP contribution in [0.25, 0.3) is 10.9 Å². The van der Waals surface area contributed by atoms with Crippen LogP contribution >= 0.6 is 0 Å². The Kier molecular flexibility index (Phi) is 7.64. The summed E-state index contributed by atoms with van der Waals surface area (Å²) < 4.78 is 16.9. The van der Waals surface area contributed by atoms with Crippen molar-refractivity contribution in [3.05, 3.63) is 28.6 Å². The van der Waals surface area contributed by atoms with Crippen LogP contribution in [0.3, 0.4) is 0 Å². The molecule has 25 heavy (non-hydrogen) atoms. The molecule has 1 aromatic carbocycles. The first-order valence-electron chi connectivity index (χ1n) is 9.20. The van der Waals surface area contributed by atoms with Gasteiger partial charge in [0.2, 0.25) is 5.75 Å². The smallest absolute Gasteiger partial charge is 0.294 e. The van der Waals surface area contributed by atoms with Gasteiger partial charge in [0, 0.05) is 11.5 Å². The zero-order valence-electron chi connectivity index (χ0n) is 15.5. The molecule has 1 N–H and O–H groups in total. The van der Waals surface area contributed by atoms with Crippen molar-refractivity contribution in [3.63, 3.8) is 0 Å². The Hall–Kier alpha value is -2.17. The highest BCUT2D eigenvalue weighted by molar-refractivity contribution is 5.88. The lowest BCUT2D eigenvalue weighted by molar-refractivity contribution is 0.285. The molecular weight excluding hydrogens is 318 g/mol. The van der Waals surface area contributed by atoms with Crippen molar-refractivity contribution in [3.8, 4) is 17.2 Å². The molecule has 0 spiro atoms. The van der Waals surface area contributed by atoms with E-state index in [0.29, 0.717) is 24.5 Å². The number of H-pyrrole nitrogens is 1. The topological polar surface area (TPSA) is 60.6 Å². The minimum Gasteiger partial charge on any atom is -0.494 e. The summed E-state index contributed by atoms with van der Waals surface area (Å²) in [6.45, 7) is 5.45. The Morgan fingerprint density at radius 2 is 1.68 bits per heavy atom. The van der Waals surface area contributed by atoms with Crippen LogP contribution < -0.4 is 19.8 Å². The van der Waals surface area contributed by atoms with Gasteiger partial charge in [0.15, 0.2) is 5.75 Å². The van der Waals surface area contributed by atoms with E-state index in [0.717, 1.165) is 30.4 Å². The molecule has 0 unspecified atom stereocenters. The number of hydrogen-bond acceptors (Lipinski definition) is 4. The number of hydrogen-bond donors (Lipinski definition) is 1. The van der Waals surface area contributed by atoms with E-state index in [-0.39, 0.29) is 11.3 Å². The lowest BCUT2D eigenvalue weighted by atomic mass is 10.2. The number of aromatic amines is 1. The van der Waals surface area contributed by atoms with Gasteiger partial charge in [-0.1, -0.05) is 39.5 Å². The Bertz CT molecular complexity index is 723. The van der Waals surface area contributed by atoms with Crippen LogP contribution in [0.4, 0.5) is 0 Å². The summed E-state index contributed by atoms with van der Waals surface area (Å²) in [5.74, 6) is 1.47. The van der Waals surface area contributed by atoms with E-state index in [1.54, 1.807) is 7.11 Å². The van der Waals surface area contributed by atoms with Crippen molar-refractivity contribution < 1.29 is 14.2 Å². The number of pyridine rings is 1. The highest BCUT2D eigenvalue weighted by Crippen LogP contribution is 2.33. The van der Waals surface area contributed by atoms with Gasteiger partial charge < -0.3 is 19.2 Å². The van der Waals surface area contributed by atoms with Crippen LogP contribution in [0, 0.1) is 0 Å². The fourth-order valence-electron chi connectivity index (χ4n) is 2.69. The van der Waals surface area contributed by atoms with Gasteiger partial charge in [0.05, 0.1) is 25.8 Å². The molecule has 0 bridgehead atoms. The minimum absolute atomic E-state index is 0.247. The van der Waals surface area contributed by atoms with E-state index in [1.165, 1.54) is 19.3 Å². The van der Waals surface area contributed by atoms with Gasteiger partial charge in [-0.15, -0.1) is 0 Å². The first-order chi connectivity index (χ1) is 12.2. The molecule has 0 atom stereocenters. The third-order valence-corrected chi connectivity index (χ3v) is 4.11. The molecule has 0 fully saturated rings. The van der Waals surface area contributed by atoms with E-state index in [9.17, 15) is 4.79 Å². The molecule has 0 aliphatic carbocycles. The summed E-state index contributed by atoms with van der Waals surface area (Å²) in [4.78, 5) is 15.2. The van der Waals surface area contributed by atoms with Crippen molar-refractivity contribution >= 4 is 10.9 Å². The van der Waals surface area contributed by atoms with Gasteiger partial charge in [-0.25, -0.2) is 0 Å². The van der Waals surface area contributed by atoms with E-state index in [1.807, 2.05) is 18.2 Å². The van der Waals surface area contributed by atoms with Gasteiger partial charge in [0.25, 0.3) is 5.56 Å². The number of benzene rings is 1. The predicted octanol–water partition coefficient (Wildman–Crippen LogP) is 4.67. The molecule has 1 aromatic heterocycles. The number of rotatable bonds is 11. The highest BCUT2D eigenvalue weighted by Gasteiger charge is 2.15. The van der Waals surface area contributed by atoms with Gasteiger partial charge in [-0.2, -0.15) is 0 Å². The molecule has 5 nitrogen and oxygen atoms in total. The molecule has 138 valence electrons. The molecule has 0 saturated carbocycles. The molecule has 2 rings (SSSR count). The van der Waals surface area contributed by atoms with Crippen LogP contribution in [-0.4, -0.2) is 25.3 Å². The van der Waals surface area contributed by atoms with Crippen LogP contribution in [0.1, 0.15) is 52.4 Å². The lowest BCUT2D eigenvalue weighted by Gasteiger charge is -2.13. The van der Waals surface area contributed by atoms with E-state index >= 15 is 0 Å². The molecule has 1 heterocycles. The summed E-state index contributed by atoms with van der Waals surface area (Å²) in [7, 11) is 1.55. The fraction of sp³-hybridized carbons (Fsp3) is 0.550. The van der Waals surface area contributed by atoms with Crippen LogP contribution in [0.15, 0.2) is 23.0 Å². The summed E-state index contributed by atoms with van der Waals surface area (Å²) >= 11 is 0. The zero-order valence-corrected chi connectivity index (χ0v) is 15.5. The normalized spacial score (nSPS) is 10.8. The summed E-state index contributed by atoms with van der Waals surface area (Å²) in [5, 5.41) is 0.812. The maximum absolute atomic E-state index is 12.3. The number of nitrogens with one attached hydrogen (secondary N) is 1. The molecule has 2 aromatic rings. The van der Waals surface area contributed by atoms with Gasteiger partial charge in [0.1, 0.15) is 5.75 Å². The lowest BCUT2D eigenvalue weighted by Crippen LogP contribution is -2.14. The number of unbranched alkanes of at least 4 members (excludes halogenated alkanes) is 4. The molecule has 0 radical (unpaired) electrons. The third kappa shape index (κ3) is 5.15. The third-order valence-electron chi connectivity index (χ3n) is 4.11. The van der Waals surface area contributed by atoms with Crippen molar-refractivity contribution in [1.29, 1.82) is 0 Å². The predicted molar refractivity (Wildman–Crippen MR) is 101 cm³/mol. The fourth-order valence-corrected chi connectivity index (χ4v) is 2.69. The second-order valence-electron chi connectivity index (χ2n) is 6.14. The summed E-state index contributed by atoms with van der Waals surface area (Å²) in [6, 6.07) is 5.64. The summed E-state index contributed by atoms with van der Waals surface area (Å²) in [6.07, 6.45) is 6.55. The molecule has 5 heteroatoms. The average Bonchev–Trinajstić information content (AvgIpc) is 2.62. The quantitative estimate of drug-likeness (QED) is 0.600. The first kappa shape index (κ1) is 19.2. The monoisotopic (exact) mass is 347 g/mol. The number of aromatic nitrogens is 1. The zero-order chi connectivity index (χ0) is 18.1. The SMILES string of the molecule is CCCCCCOc1ccc2c(OC)c(OCCCC)c(=O)[nH]c2c1. The van der Waals surface area contributed by atoms with Crippen molar-refractivity contribution in [1.82, 2.24) is 4.98 Å². The van der Waals surface area contributed by atoms with Crippen molar-refractivity contribution in [2.45, 2.75) is 52.4 Å². The van der Waals surface area contributed by atoms with E-state index in [2.05, 4.69) is 18.8 Å². The minimum atomic E-state index is -0.277. The highest BCUT2D eigenvalue weighted by atomic mass is 16.5. The number of fused-ring (bicyclic) bond motifs is 1. The molecular formula is C20H29NO4. The van der Waals surface area contributed by atoms with E-state index < -0.39 is 0 Å². The molecule has 0 aliphatic rings. The van der Waals surface area contributed by atoms with E-state index in [4.69, 9.17) is 14.2 Å². The standard InChI is InChI=1S/C20H29NO4/c1-4-6-8-9-13-24-15-10-11-16-17(14-15)21-20(22)19(18(16)23-3)25-12-7-5-2/h10-11,14H,4-9,12-13H2,1-3H3,(H,21,22). The van der Waals surface area contributed by atoms with Crippen LogP contribution in [0.2, 0.25) is 0 Å². The second-order valence-corrected chi connectivity index (χ2v) is 6.14. The second kappa shape index (κ2) is 9.97. The van der Waals surface area contributed by atoms with Gasteiger partial charge in [-0.3, -0.25) is 4.79 Å². The Balaban J connectivity index is 2.19. The van der Waals surface area contributed by atoms with Crippen LogP contribution in [0.5, 0.6) is 17.2 Å². The average molecular weight is 347 g/mol. The Labute approximate surface area is 149 Å². The molecule has 0 amide bonds. The Morgan fingerprint density at radius 3 is 2.40 bits per heavy atom.